The molecule has 2 rings (SSSR count). The van der Waals surface area contributed by atoms with Crippen LogP contribution in [0.15, 0.2) is 36.5 Å². The van der Waals surface area contributed by atoms with E-state index in [1.807, 2.05) is 0 Å². The van der Waals surface area contributed by atoms with Crippen LogP contribution in [-0.2, 0) is 4.79 Å². The minimum atomic E-state index is -0.777. The molecule has 2 aromatic rings. The number of halogens is 2. The van der Waals surface area contributed by atoms with Crippen LogP contribution in [0.25, 0.3) is 11.3 Å². The van der Waals surface area contributed by atoms with E-state index >= 15 is 0 Å². The first-order valence-electron chi connectivity index (χ1n) is 6.23. The van der Waals surface area contributed by atoms with Crippen molar-refractivity contribution in [3.8, 4) is 11.3 Å². The maximum atomic E-state index is 14.5. The maximum absolute atomic E-state index is 14.5. The smallest absolute Gasteiger partial charge is 0.223 e. The maximum Gasteiger partial charge on any atom is 0.223 e. The monoisotopic (exact) mass is 276 g/mol. The summed E-state index contributed by atoms with van der Waals surface area (Å²) in [5.74, 6) is -1.78. The van der Waals surface area contributed by atoms with Gasteiger partial charge in [0.2, 0.25) is 5.91 Å². The molecule has 3 nitrogen and oxygen atoms in total. The Balaban J connectivity index is 2.62. The second-order valence-electron chi connectivity index (χ2n) is 4.23. The van der Waals surface area contributed by atoms with Gasteiger partial charge in [-0.25, -0.2) is 8.78 Å². The van der Waals surface area contributed by atoms with E-state index in [1.165, 1.54) is 30.2 Å². The van der Waals surface area contributed by atoms with Crippen molar-refractivity contribution < 1.29 is 13.6 Å². The zero-order valence-electron chi connectivity index (χ0n) is 11.2. The van der Waals surface area contributed by atoms with Gasteiger partial charge in [0.15, 0.2) is 5.82 Å². The van der Waals surface area contributed by atoms with E-state index < -0.39 is 11.6 Å². The molecule has 0 aliphatic carbocycles. The molecule has 1 aromatic heterocycles. The Bertz CT molecular complexity index is 629. The summed E-state index contributed by atoms with van der Waals surface area (Å²) in [6.07, 6.45) is 1.46. The molecule has 0 saturated carbocycles. The van der Waals surface area contributed by atoms with Gasteiger partial charge in [0.05, 0.1) is 16.9 Å². The third-order valence-electron chi connectivity index (χ3n) is 2.98. The highest BCUT2D eigenvalue weighted by atomic mass is 19.1. The second kappa shape index (κ2) is 5.77. The molecule has 0 unspecified atom stereocenters. The van der Waals surface area contributed by atoms with Gasteiger partial charge in [-0.2, -0.15) is 0 Å². The molecule has 0 fully saturated rings. The average Bonchev–Trinajstić information content (AvgIpc) is 2.43. The standard InChI is InChI=1S/C15H14F2N2O/c1-3-19(10(2)20)13-8-7-11(16)14(15(13)17)12-6-4-5-9-18-12/h4-9H,3H2,1-2H3. The van der Waals surface area contributed by atoms with E-state index in [9.17, 15) is 13.6 Å². The zero-order valence-corrected chi connectivity index (χ0v) is 11.2. The molecule has 1 heterocycles. The van der Waals surface area contributed by atoms with Crippen molar-refractivity contribution in [1.82, 2.24) is 4.98 Å². The molecule has 104 valence electrons. The van der Waals surface area contributed by atoms with Crippen LogP contribution in [-0.4, -0.2) is 17.4 Å². The van der Waals surface area contributed by atoms with Crippen LogP contribution in [0.4, 0.5) is 14.5 Å². The lowest BCUT2D eigenvalue weighted by Crippen LogP contribution is -2.29. The summed E-state index contributed by atoms with van der Waals surface area (Å²) in [4.78, 5) is 16.7. The topological polar surface area (TPSA) is 33.2 Å². The van der Waals surface area contributed by atoms with Crippen LogP contribution < -0.4 is 4.90 Å². The summed E-state index contributed by atoms with van der Waals surface area (Å²) >= 11 is 0. The number of carbonyl (C=O) groups is 1. The number of amides is 1. The lowest BCUT2D eigenvalue weighted by atomic mass is 10.1. The predicted molar refractivity (Wildman–Crippen MR) is 73.3 cm³/mol. The van der Waals surface area contributed by atoms with Crippen LogP contribution in [0.5, 0.6) is 0 Å². The molecular weight excluding hydrogens is 262 g/mol. The van der Waals surface area contributed by atoms with Gasteiger partial charge in [-0.15, -0.1) is 0 Å². The molecule has 0 aliphatic rings. The molecule has 0 atom stereocenters. The molecule has 0 radical (unpaired) electrons. The van der Waals surface area contributed by atoms with Crippen molar-refractivity contribution in [1.29, 1.82) is 0 Å². The Morgan fingerprint density at radius 3 is 2.55 bits per heavy atom. The number of nitrogens with zero attached hydrogens (tertiary/aromatic N) is 2. The van der Waals surface area contributed by atoms with Gasteiger partial charge in [-0.1, -0.05) is 6.07 Å². The van der Waals surface area contributed by atoms with Gasteiger partial charge in [0.1, 0.15) is 5.82 Å². The highest BCUT2D eigenvalue weighted by molar-refractivity contribution is 5.92. The zero-order chi connectivity index (χ0) is 14.7. The summed E-state index contributed by atoms with van der Waals surface area (Å²) < 4.78 is 28.4. The summed E-state index contributed by atoms with van der Waals surface area (Å²) in [5, 5.41) is 0. The van der Waals surface area contributed by atoms with Crippen molar-refractivity contribution in [2.75, 3.05) is 11.4 Å². The SMILES string of the molecule is CCN(C(C)=O)c1ccc(F)c(-c2ccccn2)c1F. The number of pyridine rings is 1. The highest BCUT2D eigenvalue weighted by Crippen LogP contribution is 2.31. The number of hydrogen-bond donors (Lipinski definition) is 0. The normalized spacial score (nSPS) is 10.4. The van der Waals surface area contributed by atoms with Gasteiger partial charge in [0, 0.05) is 19.7 Å². The fraction of sp³-hybridized carbons (Fsp3) is 0.200. The Labute approximate surface area is 115 Å². The van der Waals surface area contributed by atoms with Crippen LogP contribution in [0, 0.1) is 11.6 Å². The van der Waals surface area contributed by atoms with E-state index in [1.54, 1.807) is 19.1 Å². The van der Waals surface area contributed by atoms with Gasteiger partial charge < -0.3 is 4.90 Å². The van der Waals surface area contributed by atoms with Crippen LogP contribution >= 0.6 is 0 Å². The fourth-order valence-corrected chi connectivity index (χ4v) is 2.06. The molecule has 1 amide bonds. The Kier molecular flexibility index (Phi) is 4.08. The summed E-state index contributed by atoms with van der Waals surface area (Å²) in [7, 11) is 0. The minimum Gasteiger partial charge on any atom is -0.310 e. The van der Waals surface area contributed by atoms with E-state index in [2.05, 4.69) is 4.98 Å². The Hall–Kier alpha value is -2.30. The van der Waals surface area contributed by atoms with E-state index in [4.69, 9.17) is 0 Å². The van der Waals surface area contributed by atoms with Crippen molar-refractivity contribution in [3.05, 3.63) is 48.2 Å². The Morgan fingerprint density at radius 1 is 1.25 bits per heavy atom. The first-order chi connectivity index (χ1) is 9.56. The van der Waals surface area contributed by atoms with Crippen molar-refractivity contribution in [3.63, 3.8) is 0 Å². The average molecular weight is 276 g/mol. The van der Waals surface area contributed by atoms with Crippen LogP contribution in [0.3, 0.4) is 0 Å². The second-order valence-corrected chi connectivity index (χ2v) is 4.23. The van der Waals surface area contributed by atoms with E-state index in [0.29, 0.717) is 6.54 Å². The molecule has 1 aromatic carbocycles. The highest BCUT2D eigenvalue weighted by Gasteiger charge is 2.21. The van der Waals surface area contributed by atoms with Crippen LogP contribution in [0.2, 0.25) is 0 Å². The number of aromatic nitrogens is 1. The van der Waals surface area contributed by atoms with Gasteiger partial charge in [-0.05, 0) is 31.2 Å². The molecule has 0 N–H and O–H groups in total. The number of benzene rings is 1. The van der Waals surface area contributed by atoms with Gasteiger partial charge >= 0.3 is 0 Å². The number of carbonyl (C=O) groups excluding carboxylic acids is 1. The summed E-state index contributed by atoms with van der Waals surface area (Å²) in [6.45, 7) is 3.37. The lowest BCUT2D eigenvalue weighted by Gasteiger charge is -2.21. The third kappa shape index (κ3) is 2.52. The van der Waals surface area contributed by atoms with E-state index in [-0.39, 0.29) is 22.9 Å². The van der Waals surface area contributed by atoms with Crippen molar-refractivity contribution >= 4 is 11.6 Å². The van der Waals surface area contributed by atoms with Gasteiger partial charge in [-0.3, -0.25) is 9.78 Å². The number of anilines is 1. The van der Waals surface area contributed by atoms with Crippen molar-refractivity contribution in [2.45, 2.75) is 13.8 Å². The molecular formula is C15H14F2N2O. The predicted octanol–water partition coefficient (Wildman–Crippen LogP) is 3.40. The number of hydrogen-bond acceptors (Lipinski definition) is 2. The Morgan fingerprint density at radius 2 is 2.00 bits per heavy atom. The fourth-order valence-electron chi connectivity index (χ4n) is 2.06. The molecule has 0 aliphatic heterocycles. The molecule has 0 spiro atoms. The first kappa shape index (κ1) is 14.1. The third-order valence-corrected chi connectivity index (χ3v) is 2.98. The van der Waals surface area contributed by atoms with Crippen molar-refractivity contribution in [2.24, 2.45) is 0 Å². The first-order valence-corrected chi connectivity index (χ1v) is 6.23. The lowest BCUT2D eigenvalue weighted by molar-refractivity contribution is -0.116. The van der Waals surface area contributed by atoms with Crippen LogP contribution in [0.1, 0.15) is 13.8 Å². The number of rotatable bonds is 3. The van der Waals surface area contributed by atoms with E-state index in [0.717, 1.165) is 6.07 Å². The molecule has 5 heteroatoms. The molecule has 0 saturated heterocycles. The van der Waals surface area contributed by atoms with Gasteiger partial charge in [0.25, 0.3) is 0 Å². The quantitative estimate of drug-likeness (QED) is 0.860. The molecule has 20 heavy (non-hydrogen) atoms. The molecule has 0 bridgehead atoms. The minimum absolute atomic E-state index is 0.0575. The largest absolute Gasteiger partial charge is 0.310 e. The summed E-state index contributed by atoms with van der Waals surface area (Å²) in [6, 6.07) is 7.25. The summed E-state index contributed by atoms with van der Waals surface area (Å²) in [5.41, 5.74) is 0.0359.